The predicted molar refractivity (Wildman–Crippen MR) is 46.9 cm³/mol. The number of ether oxygens (including phenoxy) is 1. The van der Waals surface area contributed by atoms with Gasteiger partial charge in [-0.3, -0.25) is 9.59 Å². The van der Waals surface area contributed by atoms with E-state index in [1.54, 1.807) is 0 Å². The minimum atomic E-state index is -0.628. The first-order valence-electron chi connectivity index (χ1n) is 4.29. The van der Waals surface area contributed by atoms with Gasteiger partial charge in [0, 0.05) is 13.0 Å². The van der Waals surface area contributed by atoms with Crippen LogP contribution >= 0.6 is 0 Å². The molecule has 0 aliphatic rings. The second-order valence-electron chi connectivity index (χ2n) is 2.63. The molecule has 78 valence electrons. The average molecular weight is 201 g/mol. The fourth-order valence-electron chi connectivity index (χ4n) is 0.777. The molecule has 0 saturated heterocycles. The largest absolute Gasteiger partial charge is 0.457 e. The van der Waals surface area contributed by atoms with Crippen molar-refractivity contribution < 1.29 is 19.4 Å². The summed E-state index contributed by atoms with van der Waals surface area (Å²) >= 11 is 0. The Hall–Kier alpha value is -1.48. The van der Waals surface area contributed by atoms with Gasteiger partial charge in [-0.25, -0.2) is 0 Å². The maximum atomic E-state index is 11.0. The summed E-state index contributed by atoms with van der Waals surface area (Å²) in [4.78, 5) is 24.6. The fourth-order valence-corrected chi connectivity index (χ4v) is 0.777. The zero-order valence-electron chi connectivity index (χ0n) is 7.81. The van der Waals surface area contributed by atoms with Crippen LogP contribution in [-0.4, -0.2) is 36.6 Å². The highest BCUT2D eigenvalue weighted by atomic mass is 16.5. The third-order valence-electron chi connectivity index (χ3n) is 1.41. The molecule has 14 heavy (non-hydrogen) atoms. The van der Waals surface area contributed by atoms with E-state index in [9.17, 15) is 9.59 Å². The molecule has 1 N–H and O–H groups in total. The van der Waals surface area contributed by atoms with Crippen LogP contribution < -0.4 is 0 Å². The van der Waals surface area contributed by atoms with Crippen molar-refractivity contribution in [3.63, 3.8) is 0 Å². The molecule has 0 aliphatic carbocycles. The number of esters is 1. The molecular weight excluding hydrogens is 188 g/mol. The Kier molecular flexibility index (Phi) is 7.27. The van der Waals surface area contributed by atoms with Crippen LogP contribution in [-0.2, 0) is 14.3 Å². The molecule has 0 atom stereocenters. The summed E-state index contributed by atoms with van der Waals surface area (Å²) in [5.41, 5.74) is 0. The molecule has 6 heteroatoms. The fraction of sp³-hybridized carbons (Fsp3) is 0.750. The van der Waals surface area contributed by atoms with E-state index in [-0.39, 0.29) is 38.4 Å². The third kappa shape index (κ3) is 7.18. The van der Waals surface area contributed by atoms with Gasteiger partial charge in [-0.1, -0.05) is 0 Å². The van der Waals surface area contributed by atoms with Crippen LogP contribution in [0, 0.1) is 5.39 Å². The van der Waals surface area contributed by atoms with E-state index >= 15 is 0 Å². The molecule has 0 heterocycles. The van der Waals surface area contributed by atoms with Gasteiger partial charge in [0.15, 0.2) is 6.61 Å². The first kappa shape index (κ1) is 12.5. The summed E-state index contributed by atoms with van der Waals surface area (Å²) in [6.45, 7) is -0.0800. The van der Waals surface area contributed by atoms with Crippen molar-refractivity contribution >= 4 is 11.8 Å². The van der Waals surface area contributed by atoms with Crippen LogP contribution in [0.4, 0.5) is 0 Å². The van der Waals surface area contributed by atoms with Gasteiger partial charge < -0.3 is 9.84 Å². The molecule has 0 aromatic carbocycles. The van der Waals surface area contributed by atoms with Crippen LogP contribution in [0.2, 0.25) is 0 Å². The predicted octanol–water partition coefficient (Wildman–Crippen LogP) is 0.114. The van der Waals surface area contributed by atoms with Gasteiger partial charge in [0.1, 0.15) is 17.2 Å². The first-order valence-corrected chi connectivity index (χ1v) is 4.29. The summed E-state index contributed by atoms with van der Waals surface area (Å²) in [6, 6.07) is 0. The minimum absolute atomic E-state index is 0.0105. The third-order valence-corrected chi connectivity index (χ3v) is 1.41. The lowest BCUT2D eigenvalue weighted by Gasteiger charge is -1.99. The lowest BCUT2D eigenvalue weighted by molar-refractivity contribution is -0.145. The van der Waals surface area contributed by atoms with Crippen LogP contribution in [0.25, 0.3) is 4.98 Å². The van der Waals surface area contributed by atoms with E-state index in [2.05, 4.69) is 9.71 Å². The molecule has 0 aromatic rings. The molecule has 0 rings (SSSR count). The lowest BCUT2D eigenvalue weighted by Crippen LogP contribution is -2.13. The zero-order chi connectivity index (χ0) is 10.8. The van der Waals surface area contributed by atoms with Crippen molar-refractivity contribution in [2.24, 2.45) is 0 Å². The Labute approximate surface area is 81.5 Å². The quantitative estimate of drug-likeness (QED) is 0.273. The molecule has 0 aromatic heterocycles. The molecule has 6 nitrogen and oxygen atoms in total. The zero-order valence-corrected chi connectivity index (χ0v) is 7.81. The van der Waals surface area contributed by atoms with Crippen LogP contribution in [0.3, 0.4) is 0 Å². The van der Waals surface area contributed by atoms with Gasteiger partial charge in [-0.2, -0.15) is 0 Å². The maximum Gasteiger partial charge on any atom is 0.338 e. The molecule has 0 unspecified atom stereocenters. The molecule has 0 amide bonds. The van der Waals surface area contributed by atoms with Crippen LogP contribution in [0.1, 0.15) is 19.3 Å². The number of Topliss-reactive ketones (excluding diaryl/α,β-unsaturated/α-hetero) is 1. The van der Waals surface area contributed by atoms with E-state index < -0.39 is 5.97 Å². The molecule has 0 bridgehead atoms. The minimum Gasteiger partial charge on any atom is -0.457 e. The molecule has 0 radical (unpaired) electrons. The van der Waals surface area contributed by atoms with Crippen molar-refractivity contribution in [3.05, 3.63) is 4.98 Å². The maximum absolute atomic E-state index is 11.0. The van der Waals surface area contributed by atoms with Gasteiger partial charge in [0.2, 0.25) is 5.39 Å². The lowest BCUT2D eigenvalue weighted by atomic mass is 10.2. The van der Waals surface area contributed by atoms with Crippen LogP contribution in [0.15, 0.2) is 0 Å². The standard InChI is InChI=1S/C8H13N2O4/c9-10-3-5-14-8(13)6-7(12)2-1-4-11/h11H,1-6H2/q+1. The number of diazo groups is 1. The van der Waals surface area contributed by atoms with Gasteiger partial charge in [0.25, 0.3) is 0 Å². The number of rotatable bonds is 7. The monoisotopic (exact) mass is 201 g/mol. The molecule has 0 fully saturated rings. The summed E-state index contributed by atoms with van der Waals surface area (Å²) in [6.07, 6.45) is 0.249. The van der Waals surface area contributed by atoms with E-state index in [0.717, 1.165) is 0 Å². The topological polar surface area (TPSA) is 91.8 Å². The highest BCUT2D eigenvalue weighted by Gasteiger charge is 2.11. The number of carbonyl (C=O) groups excluding carboxylic acids is 2. The van der Waals surface area contributed by atoms with E-state index in [4.69, 9.17) is 10.5 Å². The Morgan fingerprint density at radius 1 is 1.43 bits per heavy atom. The Morgan fingerprint density at radius 3 is 2.71 bits per heavy atom. The Morgan fingerprint density at radius 2 is 2.14 bits per heavy atom. The SMILES string of the molecule is N#[N+]CCOC(=O)CC(=O)CCCO. The van der Waals surface area contributed by atoms with Crippen molar-refractivity contribution in [2.75, 3.05) is 19.8 Å². The van der Waals surface area contributed by atoms with Crippen molar-refractivity contribution in [1.29, 1.82) is 5.39 Å². The Balaban J connectivity index is 3.51. The summed E-state index contributed by atoms with van der Waals surface area (Å²) < 4.78 is 4.56. The second-order valence-corrected chi connectivity index (χ2v) is 2.63. The van der Waals surface area contributed by atoms with Crippen molar-refractivity contribution in [1.82, 2.24) is 0 Å². The van der Waals surface area contributed by atoms with Crippen LogP contribution in [0.5, 0.6) is 0 Å². The number of nitrogens with zero attached hydrogens (tertiary/aromatic N) is 2. The number of hydrogen-bond donors (Lipinski definition) is 1. The Bertz CT molecular complexity index is 234. The van der Waals surface area contributed by atoms with Crippen molar-refractivity contribution in [2.45, 2.75) is 19.3 Å². The summed E-state index contributed by atoms with van der Waals surface area (Å²) in [5.74, 6) is -0.887. The smallest absolute Gasteiger partial charge is 0.338 e. The van der Waals surface area contributed by atoms with Gasteiger partial charge in [-0.05, 0) is 6.42 Å². The van der Waals surface area contributed by atoms with Gasteiger partial charge >= 0.3 is 12.5 Å². The van der Waals surface area contributed by atoms with Crippen molar-refractivity contribution in [3.8, 4) is 0 Å². The molecular formula is C8H13N2O4+. The summed E-state index contributed by atoms with van der Waals surface area (Å²) in [7, 11) is 0. The highest BCUT2D eigenvalue weighted by molar-refractivity contribution is 5.95. The number of aliphatic hydroxyl groups excluding tert-OH is 1. The number of hydrogen-bond acceptors (Lipinski definition) is 5. The van der Waals surface area contributed by atoms with E-state index in [1.807, 2.05) is 0 Å². The summed E-state index contributed by atoms with van der Waals surface area (Å²) in [5, 5.41) is 16.4. The normalized spacial score (nSPS) is 9.14. The molecule has 0 aliphatic heterocycles. The first-order chi connectivity index (χ1) is 6.70. The van der Waals surface area contributed by atoms with E-state index in [1.165, 1.54) is 0 Å². The molecule has 0 saturated carbocycles. The van der Waals surface area contributed by atoms with Gasteiger partial charge in [-0.15, -0.1) is 0 Å². The number of ketones is 1. The number of aliphatic hydroxyl groups is 1. The highest BCUT2D eigenvalue weighted by Crippen LogP contribution is 1.96. The van der Waals surface area contributed by atoms with Gasteiger partial charge in [0.05, 0.1) is 0 Å². The number of carbonyl (C=O) groups is 2. The van der Waals surface area contributed by atoms with E-state index in [0.29, 0.717) is 6.42 Å². The molecule has 0 spiro atoms. The average Bonchev–Trinajstić information content (AvgIpc) is 2.15. The second kappa shape index (κ2) is 8.13.